The number of ether oxygens (including phenoxy) is 1. The van der Waals surface area contributed by atoms with Crippen LogP contribution in [0.15, 0.2) is 58.4 Å². The number of rotatable bonds is 5. The van der Waals surface area contributed by atoms with Gasteiger partial charge in [-0.2, -0.15) is 0 Å². The van der Waals surface area contributed by atoms with Crippen molar-refractivity contribution in [2.45, 2.75) is 10.1 Å². The molecule has 0 N–H and O–H groups in total. The van der Waals surface area contributed by atoms with Gasteiger partial charge in [-0.05, 0) is 48.5 Å². The number of benzene rings is 2. The summed E-state index contributed by atoms with van der Waals surface area (Å²) in [6.45, 7) is 0.882. The Morgan fingerprint density at radius 2 is 1.91 bits per heavy atom. The van der Waals surface area contributed by atoms with Crippen molar-refractivity contribution in [2.24, 2.45) is 4.99 Å². The summed E-state index contributed by atoms with van der Waals surface area (Å²) in [7, 11) is 1.68. The zero-order valence-corrected chi connectivity index (χ0v) is 14.5. The number of methoxy groups -OCH3 is 1. The van der Waals surface area contributed by atoms with Gasteiger partial charge in [-0.1, -0.05) is 11.6 Å². The Morgan fingerprint density at radius 1 is 1.18 bits per heavy atom. The van der Waals surface area contributed by atoms with E-state index in [0.717, 1.165) is 28.1 Å². The van der Waals surface area contributed by atoms with E-state index in [9.17, 15) is 0 Å². The van der Waals surface area contributed by atoms with E-state index in [1.807, 2.05) is 47.8 Å². The van der Waals surface area contributed by atoms with Crippen molar-refractivity contribution in [3.8, 4) is 5.75 Å². The second kappa shape index (κ2) is 7.44. The van der Waals surface area contributed by atoms with Gasteiger partial charge in [-0.15, -0.1) is 23.5 Å². The van der Waals surface area contributed by atoms with Gasteiger partial charge in [0.05, 0.1) is 18.7 Å². The predicted octanol–water partition coefficient (Wildman–Crippen LogP) is 5.00. The summed E-state index contributed by atoms with van der Waals surface area (Å²) in [5.41, 5.74) is 1.17. The molecule has 3 rings (SSSR count). The van der Waals surface area contributed by atoms with Crippen LogP contribution in [-0.4, -0.2) is 29.7 Å². The van der Waals surface area contributed by atoms with Gasteiger partial charge in [-0.25, -0.2) is 0 Å². The van der Waals surface area contributed by atoms with Gasteiger partial charge in [-0.3, -0.25) is 4.99 Å². The van der Waals surface area contributed by atoms with Crippen LogP contribution >= 0.6 is 35.1 Å². The number of nitrogens with zero attached hydrogens (tertiary/aromatic N) is 1. The average Bonchev–Trinajstić information content (AvgIpc) is 3.03. The lowest BCUT2D eigenvalue weighted by Crippen LogP contribution is -2.06. The molecule has 22 heavy (non-hydrogen) atoms. The smallest absolute Gasteiger partial charge is 0.118 e. The SMILES string of the molecule is COc1ccc(C2=NC[C@H](CSc3ccc(Cl)cc3)S2)cc1. The Kier molecular flexibility index (Phi) is 5.34. The number of hydrogen-bond donors (Lipinski definition) is 0. The van der Waals surface area contributed by atoms with E-state index in [4.69, 9.17) is 16.3 Å². The maximum Gasteiger partial charge on any atom is 0.118 e. The lowest BCUT2D eigenvalue weighted by Gasteiger charge is -2.08. The highest BCUT2D eigenvalue weighted by Crippen LogP contribution is 2.31. The second-order valence-electron chi connectivity index (χ2n) is 4.88. The maximum atomic E-state index is 5.91. The first kappa shape index (κ1) is 15.8. The van der Waals surface area contributed by atoms with Gasteiger partial charge in [0, 0.05) is 26.5 Å². The van der Waals surface area contributed by atoms with Gasteiger partial charge >= 0.3 is 0 Å². The molecule has 1 heterocycles. The summed E-state index contributed by atoms with van der Waals surface area (Å²) in [5, 5.41) is 2.44. The normalized spacial score (nSPS) is 17.4. The molecule has 1 aliphatic heterocycles. The highest BCUT2D eigenvalue weighted by molar-refractivity contribution is 8.16. The third-order valence-corrected chi connectivity index (χ3v) is 6.18. The highest BCUT2D eigenvalue weighted by Gasteiger charge is 2.20. The second-order valence-corrected chi connectivity index (χ2v) is 7.70. The first-order valence-electron chi connectivity index (χ1n) is 6.98. The van der Waals surface area contributed by atoms with Crippen molar-refractivity contribution in [1.29, 1.82) is 0 Å². The van der Waals surface area contributed by atoms with Crippen molar-refractivity contribution >= 4 is 40.2 Å². The van der Waals surface area contributed by atoms with Gasteiger partial charge in [0.25, 0.3) is 0 Å². The standard InChI is InChI=1S/C17H16ClNOS2/c1-20-14-6-2-12(3-7-14)17-19-10-16(22-17)11-21-15-8-4-13(18)5-9-15/h2-9,16H,10-11H2,1H3/t16-/m1/s1. The number of thioether (sulfide) groups is 2. The Labute approximate surface area is 144 Å². The van der Waals surface area contributed by atoms with Crippen molar-refractivity contribution in [1.82, 2.24) is 0 Å². The van der Waals surface area contributed by atoms with E-state index in [2.05, 4.69) is 29.3 Å². The quantitative estimate of drug-likeness (QED) is 0.709. The molecule has 0 aromatic heterocycles. The van der Waals surface area contributed by atoms with Crippen molar-refractivity contribution in [3.05, 3.63) is 59.1 Å². The first-order valence-corrected chi connectivity index (χ1v) is 9.23. The molecule has 1 aliphatic rings. The van der Waals surface area contributed by atoms with Crippen molar-refractivity contribution < 1.29 is 4.74 Å². The molecule has 0 bridgehead atoms. The minimum Gasteiger partial charge on any atom is -0.497 e. The van der Waals surface area contributed by atoms with Crippen LogP contribution in [0.4, 0.5) is 0 Å². The molecular formula is C17H16ClNOS2. The monoisotopic (exact) mass is 349 g/mol. The fraction of sp³-hybridized carbons (Fsp3) is 0.235. The predicted molar refractivity (Wildman–Crippen MR) is 98.0 cm³/mol. The van der Waals surface area contributed by atoms with Gasteiger partial charge in [0.2, 0.25) is 0 Å². The summed E-state index contributed by atoms with van der Waals surface area (Å²) in [6, 6.07) is 16.1. The molecular weight excluding hydrogens is 334 g/mol. The summed E-state index contributed by atoms with van der Waals surface area (Å²) >= 11 is 9.63. The number of hydrogen-bond acceptors (Lipinski definition) is 4. The van der Waals surface area contributed by atoms with E-state index in [1.165, 1.54) is 10.5 Å². The topological polar surface area (TPSA) is 21.6 Å². The van der Waals surface area contributed by atoms with Crippen LogP contribution in [0.2, 0.25) is 5.02 Å². The van der Waals surface area contributed by atoms with Crippen LogP contribution in [-0.2, 0) is 0 Å². The molecule has 0 radical (unpaired) electrons. The van der Waals surface area contributed by atoms with Crippen LogP contribution in [0.1, 0.15) is 5.56 Å². The largest absolute Gasteiger partial charge is 0.497 e. The minimum atomic E-state index is 0.526. The Balaban J connectivity index is 1.53. The van der Waals surface area contributed by atoms with Gasteiger partial charge < -0.3 is 4.74 Å². The Hall–Kier alpha value is -1.10. The average molecular weight is 350 g/mol. The van der Waals surface area contributed by atoms with E-state index in [0.29, 0.717) is 5.25 Å². The number of halogens is 1. The molecule has 0 fully saturated rings. The fourth-order valence-electron chi connectivity index (χ4n) is 2.12. The molecule has 0 aliphatic carbocycles. The fourth-order valence-corrected chi connectivity index (χ4v) is 4.42. The maximum absolute atomic E-state index is 5.91. The van der Waals surface area contributed by atoms with E-state index in [1.54, 1.807) is 7.11 Å². The van der Waals surface area contributed by atoms with Crippen LogP contribution in [0.25, 0.3) is 0 Å². The third-order valence-electron chi connectivity index (χ3n) is 3.30. The Morgan fingerprint density at radius 3 is 2.59 bits per heavy atom. The van der Waals surface area contributed by atoms with Crippen LogP contribution in [0.3, 0.4) is 0 Å². The molecule has 0 amide bonds. The lowest BCUT2D eigenvalue weighted by molar-refractivity contribution is 0.415. The van der Waals surface area contributed by atoms with Crippen LogP contribution in [0.5, 0.6) is 5.75 Å². The van der Waals surface area contributed by atoms with E-state index < -0.39 is 0 Å². The molecule has 0 spiro atoms. The van der Waals surface area contributed by atoms with E-state index >= 15 is 0 Å². The van der Waals surface area contributed by atoms with Gasteiger partial charge in [0.1, 0.15) is 5.75 Å². The number of aliphatic imine (C=N–C) groups is 1. The highest BCUT2D eigenvalue weighted by atomic mass is 35.5. The molecule has 2 aromatic carbocycles. The summed E-state index contributed by atoms with van der Waals surface area (Å²) < 4.78 is 5.19. The molecule has 0 saturated carbocycles. The zero-order valence-electron chi connectivity index (χ0n) is 12.2. The van der Waals surface area contributed by atoms with E-state index in [-0.39, 0.29) is 0 Å². The summed E-state index contributed by atoms with van der Waals surface area (Å²) in [6.07, 6.45) is 0. The molecule has 2 aromatic rings. The molecule has 5 heteroatoms. The molecule has 2 nitrogen and oxygen atoms in total. The summed E-state index contributed by atoms with van der Waals surface area (Å²) in [5.74, 6) is 1.93. The van der Waals surface area contributed by atoms with Crippen LogP contribution in [0, 0.1) is 0 Å². The zero-order chi connectivity index (χ0) is 15.4. The van der Waals surface area contributed by atoms with Crippen molar-refractivity contribution in [2.75, 3.05) is 19.4 Å². The molecule has 1 atom stereocenters. The first-order chi connectivity index (χ1) is 10.7. The van der Waals surface area contributed by atoms with Crippen molar-refractivity contribution in [3.63, 3.8) is 0 Å². The van der Waals surface area contributed by atoms with Crippen LogP contribution < -0.4 is 4.74 Å². The lowest BCUT2D eigenvalue weighted by atomic mass is 10.2. The molecule has 0 unspecified atom stereocenters. The third kappa shape index (κ3) is 4.00. The molecule has 114 valence electrons. The summed E-state index contributed by atoms with van der Waals surface area (Å²) in [4.78, 5) is 5.93. The van der Waals surface area contributed by atoms with Gasteiger partial charge in [0.15, 0.2) is 0 Å². The molecule has 0 saturated heterocycles. The minimum absolute atomic E-state index is 0.526. The Bertz CT molecular complexity index is 655.